The summed E-state index contributed by atoms with van der Waals surface area (Å²) in [6, 6.07) is 6.09. The number of hydrogen-bond donors (Lipinski definition) is 1. The molecular weight excluding hydrogens is 361 g/mol. The van der Waals surface area contributed by atoms with Crippen LogP contribution in [0.4, 0.5) is 19.0 Å². The average Bonchev–Trinajstić information content (AvgIpc) is 2.59. The summed E-state index contributed by atoms with van der Waals surface area (Å²) in [6.07, 6.45) is -3.68. The summed E-state index contributed by atoms with van der Waals surface area (Å²) >= 11 is 0. The van der Waals surface area contributed by atoms with Crippen LogP contribution < -0.4 is 16.6 Å². The van der Waals surface area contributed by atoms with E-state index in [0.29, 0.717) is 17.9 Å². The van der Waals surface area contributed by atoms with Gasteiger partial charge in [0.25, 0.3) is 5.56 Å². The van der Waals surface area contributed by atoms with Gasteiger partial charge in [0.1, 0.15) is 5.82 Å². The molecule has 0 spiro atoms. The number of anilines is 1. The number of hydrogen-bond acceptors (Lipinski definition) is 4. The highest BCUT2D eigenvalue weighted by atomic mass is 19.4. The van der Waals surface area contributed by atoms with E-state index in [2.05, 4.69) is 5.32 Å². The zero-order chi connectivity index (χ0) is 20.2. The summed E-state index contributed by atoms with van der Waals surface area (Å²) in [5.41, 5.74) is -1.52. The van der Waals surface area contributed by atoms with Crippen molar-refractivity contribution in [3.63, 3.8) is 0 Å². The Morgan fingerprint density at radius 3 is 2.48 bits per heavy atom. The second-order valence-electron chi connectivity index (χ2n) is 6.58. The molecule has 6 nitrogen and oxygen atoms in total. The average molecular weight is 384 g/mol. The second kappa shape index (κ2) is 8.43. The number of nitrogens with zero attached hydrogens (tertiary/aromatic N) is 3. The smallest absolute Gasteiger partial charge is 0.371 e. The van der Waals surface area contributed by atoms with Gasteiger partial charge in [0, 0.05) is 19.7 Å². The predicted molar refractivity (Wildman–Crippen MR) is 98.1 cm³/mol. The third kappa shape index (κ3) is 5.46. The highest BCUT2D eigenvalue weighted by Crippen LogP contribution is 2.29. The molecule has 0 amide bonds. The Balaban J connectivity index is 2.33. The van der Waals surface area contributed by atoms with Crippen LogP contribution in [0.25, 0.3) is 0 Å². The van der Waals surface area contributed by atoms with Crippen LogP contribution in [0.15, 0.2) is 39.9 Å². The van der Waals surface area contributed by atoms with Gasteiger partial charge in [-0.25, -0.2) is 4.79 Å². The summed E-state index contributed by atoms with van der Waals surface area (Å²) in [6.45, 7) is 1.26. The Bertz CT molecular complexity index is 901. The van der Waals surface area contributed by atoms with E-state index in [-0.39, 0.29) is 6.54 Å². The molecule has 0 aliphatic heterocycles. The first-order chi connectivity index (χ1) is 12.6. The van der Waals surface area contributed by atoms with E-state index in [0.717, 1.165) is 29.7 Å². The molecule has 27 heavy (non-hydrogen) atoms. The van der Waals surface area contributed by atoms with Crippen LogP contribution in [0.1, 0.15) is 17.5 Å². The van der Waals surface area contributed by atoms with E-state index in [4.69, 9.17) is 0 Å². The number of halogens is 3. The van der Waals surface area contributed by atoms with Crippen molar-refractivity contribution in [2.45, 2.75) is 19.1 Å². The maximum Gasteiger partial charge on any atom is 0.416 e. The van der Waals surface area contributed by atoms with Crippen molar-refractivity contribution in [2.24, 2.45) is 7.05 Å². The minimum Gasteiger partial charge on any atom is -0.371 e. The molecule has 148 valence electrons. The summed E-state index contributed by atoms with van der Waals surface area (Å²) in [5.74, 6) is 0.291. The fraction of sp³-hybridized carbons (Fsp3) is 0.444. The molecule has 0 aliphatic carbocycles. The van der Waals surface area contributed by atoms with Gasteiger partial charge in [-0.3, -0.25) is 13.9 Å². The van der Waals surface area contributed by atoms with E-state index >= 15 is 0 Å². The van der Waals surface area contributed by atoms with Crippen molar-refractivity contribution >= 4 is 5.82 Å². The van der Waals surface area contributed by atoms with Gasteiger partial charge in [-0.1, -0.05) is 12.1 Å². The zero-order valence-electron chi connectivity index (χ0n) is 15.5. The Morgan fingerprint density at radius 1 is 1.15 bits per heavy atom. The maximum absolute atomic E-state index is 12.9. The summed E-state index contributed by atoms with van der Waals surface area (Å²) in [7, 11) is 5.20. The Morgan fingerprint density at radius 2 is 1.85 bits per heavy atom. The molecule has 9 heteroatoms. The normalized spacial score (nSPS) is 11.8. The first-order valence-electron chi connectivity index (χ1n) is 8.45. The summed E-state index contributed by atoms with van der Waals surface area (Å²) in [4.78, 5) is 26.4. The first-order valence-corrected chi connectivity index (χ1v) is 8.45. The molecule has 0 bridgehead atoms. The number of nitrogens with one attached hydrogen (secondary N) is 1. The number of aromatic nitrogens is 2. The molecule has 0 radical (unpaired) electrons. The van der Waals surface area contributed by atoms with E-state index in [1.165, 1.54) is 29.8 Å². The molecule has 2 aromatic rings. The van der Waals surface area contributed by atoms with Crippen LogP contribution >= 0.6 is 0 Å². The summed E-state index contributed by atoms with van der Waals surface area (Å²) in [5, 5.41) is 3.04. The maximum atomic E-state index is 12.9. The topological polar surface area (TPSA) is 59.3 Å². The van der Waals surface area contributed by atoms with Gasteiger partial charge in [0.2, 0.25) is 0 Å². The van der Waals surface area contributed by atoms with Crippen LogP contribution in [0.2, 0.25) is 0 Å². The predicted octanol–water partition coefficient (Wildman–Crippen LogP) is 1.98. The van der Waals surface area contributed by atoms with Crippen LogP contribution in [0, 0.1) is 0 Å². The molecule has 1 aromatic carbocycles. The van der Waals surface area contributed by atoms with Crippen LogP contribution in [0.5, 0.6) is 0 Å². The fourth-order valence-corrected chi connectivity index (χ4v) is 2.61. The monoisotopic (exact) mass is 384 g/mol. The van der Waals surface area contributed by atoms with Crippen LogP contribution in [-0.4, -0.2) is 41.2 Å². The lowest BCUT2D eigenvalue weighted by atomic mass is 10.1. The fourth-order valence-electron chi connectivity index (χ4n) is 2.61. The minimum atomic E-state index is -4.46. The Hall–Kier alpha value is -2.55. The molecule has 0 atom stereocenters. The van der Waals surface area contributed by atoms with Crippen molar-refractivity contribution in [1.82, 2.24) is 14.0 Å². The molecule has 1 N–H and O–H groups in total. The SMILES string of the molecule is CN(C)CCCNc1cc(=O)n(C)c(=O)n1Cc1cccc(C(F)(F)F)c1. The van der Waals surface area contributed by atoms with E-state index in [1.807, 2.05) is 19.0 Å². The number of alkyl halides is 3. The lowest BCUT2D eigenvalue weighted by Gasteiger charge is -2.17. The molecule has 1 heterocycles. The quantitative estimate of drug-likeness (QED) is 0.742. The lowest BCUT2D eigenvalue weighted by molar-refractivity contribution is -0.137. The van der Waals surface area contributed by atoms with Gasteiger partial charge in [-0.2, -0.15) is 13.2 Å². The molecule has 0 saturated heterocycles. The zero-order valence-corrected chi connectivity index (χ0v) is 15.5. The van der Waals surface area contributed by atoms with Crippen molar-refractivity contribution < 1.29 is 13.2 Å². The second-order valence-corrected chi connectivity index (χ2v) is 6.58. The Kier molecular flexibility index (Phi) is 6.48. The van der Waals surface area contributed by atoms with Crippen molar-refractivity contribution in [3.8, 4) is 0 Å². The molecule has 0 aliphatic rings. The molecule has 1 aromatic heterocycles. The third-order valence-electron chi connectivity index (χ3n) is 4.08. The van der Waals surface area contributed by atoms with Gasteiger partial charge in [-0.15, -0.1) is 0 Å². The van der Waals surface area contributed by atoms with Gasteiger partial charge < -0.3 is 10.2 Å². The third-order valence-corrected chi connectivity index (χ3v) is 4.08. The van der Waals surface area contributed by atoms with Crippen LogP contribution in [0.3, 0.4) is 0 Å². The van der Waals surface area contributed by atoms with Gasteiger partial charge >= 0.3 is 11.9 Å². The molecule has 0 unspecified atom stereocenters. The summed E-state index contributed by atoms with van der Waals surface area (Å²) < 4.78 is 41.0. The van der Waals surface area contributed by atoms with Gasteiger partial charge in [-0.05, 0) is 44.8 Å². The van der Waals surface area contributed by atoms with Crippen molar-refractivity contribution in [3.05, 3.63) is 62.3 Å². The molecule has 2 rings (SSSR count). The van der Waals surface area contributed by atoms with Gasteiger partial charge in [0.15, 0.2) is 0 Å². The van der Waals surface area contributed by atoms with Crippen molar-refractivity contribution in [1.29, 1.82) is 0 Å². The first kappa shape index (κ1) is 20.8. The van der Waals surface area contributed by atoms with Crippen LogP contribution in [-0.2, 0) is 19.8 Å². The molecule has 0 fully saturated rings. The van der Waals surface area contributed by atoms with E-state index in [9.17, 15) is 22.8 Å². The largest absolute Gasteiger partial charge is 0.416 e. The molecule has 0 saturated carbocycles. The van der Waals surface area contributed by atoms with E-state index in [1.54, 1.807) is 0 Å². The van der Waals surface area contributed by atoms with Gasteiger partial charge in [0.05, 0.1) is 12.1 Å². The van der Waals surface area contributed by atoms with Crippen molar-refractivity contribution in [2.75, 3.05) is 32.5 Å². The Labute approximate surface area is 154 Å². The molecular formula is C18H23F3N4O2. The highest BCUT2D eigenvalue weighted by Gasteiger charge is 2.30. The number of rotatable bonds is 7. The standard InChI is InChI=1S/C18H23F3N4O2/c1-23(2)9-5-8-22-15-11-16(26)24(3)17(27)25(15)12-13-6-4-7-14(10-13)18(19,20)21/h4,6-7,10-11,22H,5,8-9,12H2,1-3H3. The lowest BCUT2D eigenvalue weighted by Crippen LogP contribution is -2.39. The highest BCUT2D eigenvalue weighted by molar-refractivity contribution is 5.36. The minimum absolute atomic E-state index is 0.0765. The number of benzene rings is 1. The van der Waals surface area contributed by atoms with E-state index < -0.39 is 23.0 Å².